The number of oxazole rings is 1. The molecule has 2 aromatic carbocycles. The van der Waals surface area contributed by atoms with Crippen molar-refractivity contribution in [1.82, 2.24) is 10.3 Å². The van der Waals surface area contributed by atoms with Crippen LogP contribution in [0.25, 0.3) is 11.1 Å². The van der Waals surface area contributed by atoms with Gasteiger partial charge in [-0.2, -0.15) is 13.2 Å². The SMILES string of the molecule is N[C@H](CNC1=NCC(c2ccc3[nH]c(=O)oc3c2)S1)Cc1ccc(C(F)(F)F)c(O)c1. The van der Waals surface area contributed by atoms with E-state index in [1.54, 1.807) is 6.07 Å². The maximum absolute atomic E-state index is 12.7. The van der Waals surface area contributed by atoms with E-state index in [1.807, 2.05) is 12.1 Å². The van der Waals surface area contributed by atoms with E-state index in [0.29, 0.717) is 41.3 Å². The van der Waals surface area contributed by atoms with Crippen LogP contribution in [0, 0.1) is 0 Å². The van der Waals surface area contributed by atoms with Crippen LogP contribution in [0.4, 0.5) is 13.2 Å². The number of alkyl halides is 3. The lowest BCUT2D eigenvalue weighted by atomic mass is 10.0. The van der Waals surface area contributed by atoms with Crippen LogP contribution in [0.2, 0.25) is 0 Å². The number of fused-ring (bicyclic) bond motifs is 1. The number of phenols is 1. The van der Waals surface area contributed by atoms with Crippen LogP contribution in [-0.4, -0.2) is 34.4 Å². The Morgan fingerprint density at radius 3 is 2.87 bits per heavy atom. The quantitative estimate of drug-likeness (QED) is 0.473. The zero-order valence-corrected chi connectivity index (χ0v) is 16.9. The lowest BCUT2D eigenvalue weighted by molar-refractivity contribution is -0.138. The second-order valence-corrected chi connectivity index (χ2v) is 8.41. The number of aromatic hydroxyl groups is 1. The Morgan fingerprint density at radius 2 is 2.13 bits per heavy atom. The van der Waals surface area contributed by atoms with E-state index in [2.05, 4.69) is 15.3 Å². The van der Waals surface area contributed by atoms with Crippen molar-refractivity contribution in [3.05, 3.63) is 63.6 Å². The summed E-state index contributed by atoms with van der Waals surface area (Å²) in [5.41, 5.74) is 7.64. The average Bonchev–Trinajstić information content (AvgIpc) is 3.30. The number of nitrogens with one attached hydrogen (secondary N) is 2. The molecule has 0 spiro atoms. The Morgan fingerprint density at radius 1 is 1.32 bits per heavy atom. The van der Waals surface area contributed by atoms with E-state index >= 15 is 0 Å². The Labute approximate surface area is 178 Å². The topological polar surface area (TPSA) is 117 Å². The van der Waals surface area contributed by atoms with Crippen molar-refractivity contribution in [3.63, 3.8) is 0 Å². The molecule has 0 aliphatic carbocycles. The number of aliphatic imine (C=N–C) groups is 1. The standard InChI is InChI=1S/C20H19F3N4O3S/c21-20(22,23)13-3-1-10(6-15(13)28)5-12(24)8-25-18-26-9-17(31-18)11-2-4-14-16(7-11)30-19(29)27-14/h1-4,6-7,12,17,28H,5,8-9,24H2,(H,25,26)(H,27,29)/t12-,17?/m0/s1. The van der Waals surface area contributed by atoms with Crippen molar-refractivity contribution < 1.29 is 22.7 Å². The van der Waals surface area contributed by atoms with Crippen LogP contribution < -0.4 is 16.8 Å². The van der Waals surface area contributed by atoms with Gasteiger partial charge in [-0.15, -0.1) is 0 Å². The number of phenolic OH excluding ortho intramolecular Hbond substituents is 1. The minimum atomic E-state index is -4.60. The third-order valence-corrected chi connectivity index (χ3v) is 6.05. The van der Waals surface area contributed by atoms with Crippen LogP contribution in [0.1, 0.15) is 21.9 Å². The van der Waals surface area contributed by atoms with Crippen LogP contribution in [0.5, 0.6) is 5.75 Å². The van der Waals surface area contributed by atoms with Crippen LogP contribution >= 0.6 is 11.8 Å². The first-order valence-electron chi connectivity index (χ1n) is 9.41. The zero-order valence-electron chi connectivity index (χ0n) is 16.1. The molecule has 0 bridgehead atoms. The smallest absolute Gasteiger partial charge is 0.419 e. The van der Waals surface area contributed by atoms with E-state index in [4.69, 9.17) is 10.2 Å². The summed E-state index contributed by atoms with van der Waals surface area (Å²) in [7, 11) is 0. The second-order valence-electron chi connectivity index (χ2n) is 7.22. The summed E-state index contributed by atoms with van der Waals surface area (Å²) >= 11 is 1.52. The molecule has 31 heavy (non-hydrogen) atoms. The number of aromatic amines is 1. The maximum atomic E-state index is 12.7. The monoisotopic (exact) mass is 452 g/mol. The highest BCUT2D eigenvalue weighted by atomic mass is 32.2. The molecule has 1 aliphatic rings. The van der Waals surface area contributed by atoms with Gasteiger partial charge in [-0.1, -0.05) is 23.9 Å². The summed E-state index contributed by atoms with van der Waals surface area (Å²) in [6, 6.07) is 8.39. The number of H-pyrrole nitrogens is 1. The van der Waals surface area contributed by atoms with Gasteiger partial charge in [0.25, 0.3) is 0 Å². The predicted octanol–water partition coefficient (Wildman–Crippen LogP) is 3.15. The molecule has 3 aromatic rings. The second kappa shape index (κ2) is 8.31. The molecule has 0 saturated heterocycles. The molecule has 2 atom stereocenters. The highest BCUT2D eigenvalue weighted by molar-refractivity contribution is 8.14. The molecule has 1 unspecified atom stereocenters. The first-order valence-corrected chi connectivity index (χ1v) is 10.3. The number of rotatable bonds is 5. The van der Waals surface area contributed by atoms with Gasteiger partial charge in [-0.25, -0.2) is 4.79 Å². The highest BCUT2D eigenvalue weighted by Crippen LogP contribution is 2.36. The number of halogens is 3. The maximum Gasteiger partial charge on any atom is 0.419 e. The molecule has 11 heteroatoms. The van der Waals surface area contributed by atoms with E-state index in [-0.39, 0.29) is 11.3 Å². The molecule has 164 valence electrons. The number of nitrogens with zero attached hydrogens (tertiary/aromatic N) is 1. The molecule has 2 heterocycles. The number of hydrogen-bond donors (Lipinski definition) is 4. The van der Waals surface area contributed by atoms with Gasteiger partial charge in [-0.05, 0) is 41.8 Å². The third-order valence-electron chi connectivity index (χ3n) is 4.85. The lowest BCUT2D eigenvalue weighted by Gasteiger charge is -2.15. The van der Waals surface area contributed by atoms with Gasteiger partial charge >= 0.3 is 11.9 Å². The molecule has 4 rings (SSSR count). The fourth-order valence-corrected chi connectivity index (χ4v) is 4.36. The zero-order chi connectivity index (χ0) is 22.2. The number of nitrogens with two attached hydrogens (primary N) is 1. The normalized spacial score (nSPS) is 17.7. The van der Waals surface area contributed by atoms with Gasteiger partial charge in [0.2, 0.25) is 0 Å². The first kappa shape index (κ1) is 21.3. The molecule has 7 nitrogen and oxygen atoms in total. The van der Waals surface area contributed by atoms with Gasteiger partial charge < -0.3 is 20.6 Å². The van der Waals surface area contributed by atoms with Crippen molar-refractivity contribution >= 4 is 28.0 Å². The van der Waals surface area contributed by atoms with Crippen LogP contribution in [-0.2, 0) is 12.6 Å². The largest absolute Gasteiger partial charge is 0.507 e. The Hall–Kier alpha value is -2.92. The van der Waals surface area contributed by atoms with E-state index < -0.39 is 23.2 Å². The van der Waals surface area contributed by atoms with Crippen molar-refractivity contribution in [2.45, 2.75) is 23.9 Å². The van der Waals surface area contributed by atoms with E-state index in [0.717, 1.165) is 17.7 Å². The van der Waals surface area contributed by atoms with Gasteiger partial charge in [0, 0.05) is 12.6 Å². The number of hydrogen-bond acceptors (Lipinski definition) is 7. The van der Waals surface area contributed by atoms with Gasteiger partial charge in [-0.3, -0.25) is 9.98 Å². The molecule has 0 fully saturated rings. The summed E-state index contributed by atoms with van der Waals surface area (Å²) in [6.45, 7) is 0.918. The third kappa shape index (κ3) is 4.88. The van der Waals surface area contributed by atoms with Crippen molar-refractivity contribution in [1.29, 1.82) is 0 Å². The average molecular weight is 452 g/mol. The summed E-state index contributed by atoms with van der Waals surface area (Å²) in [4.78, 5) is 18.4. The predicted molar refractivity (Wildman–Crippen MR) is 112 cm³/mol. The molecule has 1 aliphatic heterocycles. The molecule has 0 amide bonds. The summed E-state index contributed by atoms with van der Waals surface area (Å²) < 4.78 is 43.3. The Kier molecular flexibility index (Phi) is 5.71. The van der Waals surface area contributed by atoms with E-state index in [1.165, 1.54) is 17.8 Å². The molecule has 1 aromatic heterocycles. The lowest BCUT2D eigenvalue weighted by Crippen LogP contribution is -2.37. The molecule has 0 radical (unpaired) electrons. The first-order chi connectivity index (χ1) is 14.7. The molecule has 5 N–H and O–H groups in total. The number of benzene rings is 2. The molecular weight excluding hydrogens is 433 g/mol. The summed E-state index contributed by atoms with van der Waals surface area (Å²) in [5, 5.41) is 13.6. The summed E-state index contributed by atoms with van der Waals surface area (Å²) in [5.74, 6) is -1.31. The van der Waals surface area contributed by atoms with Gasteiger partial charge in [0.1, 0.15) is 5.75 Å². The van der Waals surface area contributed by atoms with Crippen LogP contribution in [0.15, 0.2) is 50.6 Å². The molecule has 0 saturated carbocycles. The number of amidine groups is 1. The highest BCUT2D eigenvalue weighted by Gasteiger charge is 2.33. The Bertz CT molecular complexity index is 1190. The van der Waals surface area contributed by atoms with E-state index in [9.17, 15) is 23.1 Å². The number of thioether (sulfide) groups is 1. The Balaban J connectivity index is 1.30. The minimum Gasteiger partial charge on any atom is -0.507 e. The molecular formula is C20H19F3N4O3S. The van der Waals surface area contributed by atoms with Crippen molar-refractivity contribution in [2.24, 2.45) is 10.7 Å². The van der Waals surface area contributed by atoms with Crippen molar-refractivity contribution in [3.8, 4) is 5.75 Å². The van der Waals surface area contributed by atoms with Gasteiger partial charge in [0.15, 0.2) is 10.8 Å². The minimum absolute atomic E-state index is 0.0650. The number of aromatic nitrogens is 1. The fourth-order valence-electron chi connectivity index (χ4n) is 3.35. The van der Waals surface area contributed by atoms with Crippen molar-refractivity contribution in [2.75, 3.05) is 13.1 Å². The van der Waals surface area contributed by atoms with Gasteiger partial charge in [0.05, 0.1) is 22.9 Å². The fraction of sp³-hybridized carbons (Fsp3) is 0.300. The van der Waals surface area contributed by atoms with Crippen LogP contribution in [0.3, 0.4) is 0 Å². The summed E-state index contributed by atoms with van der Waals surface area (Å²) in [6.07, 6.45) is -4.30.